The largest absolute Gasteiger partial charge is 0.504 e. The van der Waals surface area contributed by atoms with Crippen molar-refractivity contribution in [2.24, 2.45) is 5.73 Å². The fraction of sp³-hybridized carbons (Fsp3) is 0.588. The van der Waals surface area contributed by atoms with Crippen LogP contribution in [0.15, 0.2) is 18.2 Å². The van der Waals surface area contributed by atoms with Gasteiger partial charge in [0.15, 0.2) is 11.5 Å². The standard InChI is InChI=1S/C9H18O2.C8H11NO2/c1-2-3-4-5-6-7-8-9(10)11;1-11-8-4-6(5-9)2-3-7(8)10/h2-8H2,1H3,(H,10,11);2-4,10H,5,9H2,1H3. The Labute approximate surface area is 133 Å². The fourth-order valence-corrected chi connectivity index (χ4v) is 1.91. The maximum Gasteiger partial charge on any atom is 0.303 e. The third kappa shape index (κ3) is 10.0. The lowest BCUT2D eigenvalue weighted by Crippen LogP contribution is -1.96. The number of aromatic hydroxyl groups is 1. The Morgan fingerprint density at radius 2 is 1.82 bits per heavy atom. The number of unbranched alkanes of at least 4 members (excludes halogenated alkanes) is 5. The van der Waals surface area contributed by atoms with Crippen molar-refractivity contribution in [2.75, 3.05) is 7.11 Å². The zero-order chi connectivity index (χ0) is 16.8. The third-order valence-electron chi connectivity index (χ3n) is 3.22. The summed E-state index contributed by atoms with van der Waals surface area (Å²) >= 11 is 0. The zero-order valence-electron chi connectivity index (χ0n) is 13.7. The van der Waals surface area contributed by atoms with E-state index in [4.69, 9.17) is 20.7 Å². The lowest BCUT2D eigenvalue weighted by molar-refractivity contribution is -0.137. The van der Waals surface area contributed by atoms with Gasteiger partial charge in [0.2, 0.25) is 0 Å². The molecule has 0 aliphatic heterocycles. The minimum Gasteiger partial charge on any atom is -0.504 e. The molecule has 0 atom stereocenters. The van der Waals surface area contributed by atoms with Crippen LogP contribution in [0.25, 0.3) is 0 Å². The van der Waals surface area contributed by atoms with E-state index in [1.807, 2.05) is 0 Å². The minimum absolute atomic E-state index is 0.143. The van der Waals surface area contributed by atoms with Crippen LogP contribution in [0.3, 0.4) is 0 Å². The topological polar surface area (TPSA) is 92.8 Å². The number of carboxylic acid groups (broad SMARTS) is 1. The summed E-state index contributed by atoms with van der Waals surface area (Å²) in [5, 5.41) is 17.5. The Hall–Kier alpha value is -1.75. The summed E-state index contributed by atoms with van der Waals surface area (Å²) in [5.41, 5.74) is 6.33. The van der Waals surface area contributed by atoms with Gasteiger partial charge in [-0.2, -0.15) is 0 Å². The number of ether oxygens (including phenoxy) is 1. The zero-order valence-corrected chi connectivity index (χ0v) is 13.7. The molecule has 0 fully saturated rings. The number of hydrogen-bond acceptors (Lipinski definition) is 4. The van der Waals surface area contributed by atoms with Gasteiger partial charge in [-0.25, -0.2) is 0 Å². The van der Waals surface area contributed by atoms with E-state index in [0.29, 0.717) is 18.7 Å². The normalized spacial score (nSPS) is 9.77. The van der Waals surface area contributed by atoms with E-state index < -0.39 is 5.97 Å². The molecule has 0 aliphatic carbocycles. The first-order chi connectivity index (χ1) is 10.5. The highest BCUT2D eigenvalue weighted by molar-refractivity contribution is 5.66. The summed E-state index contributed by atoms with van der Waals surface area (Å²) in [6, 6.07) is 5.05. The molecule has 5 heteroatoms. The number of rotatable bonds is 9. The van der Waals surface area contributed by atoms with Gasteiger partial charge in [0.05, 0.1) is 7.11 Å². The monoisotopic (exact) mass is 311 g/mol. The lowest BCUT2D eigenvalue weighted by atomic mass is 10.1. The van der Waals surface area contributed by atoms with Crippen LogP contribution in [-0.4, -0.2) is 23.3 Å². The van der Waals surface area contributed by atoms with E-state index >= 15 is 0 Å². The summed E-state index contributed by atoms with van der Waals surface area (Å²) in [6.07, 6.45) is 7.25. The van der Waals surface area contributed by atoms with Gasteiger partial charge < -0.3 is 20.7 Å². The van der Waals surface area contributed by atoms with Crippen molar-refractivity contribution >= 4 is 5.97 Å². The van der Waals surface area contributed by atoms with Gasteiger partial charge in [0, 0.05) is 13.0 Å². The Morgan fingerprint density at radius 1 is 1.18 bits per heavy atom. The van der Waals surface area contributed by atoms with Crippen molar-refractivity contribution in [2.45, 2.75) is 58.4 Å². The van der Waals surface area contributed by atoms with Gasteiger partial charge in [0.25, 0.3) is 0 Å². The van der Waals surface area contributed by atoms with E-state index in [-0.39, 0.29) is 5.75 Å². The maximum absolute atomic E-state index is 10.1. The second-order valence-electron chi connectivity index (χ2n) is 5.12. The van der Waals surface area contributed by atoms with Gasteiger partial charge in [-0.3, -0.25) is 4.79 Å². The van der Waals surface area contributed by atoms with E-state index in [2.05, 4.69) is 6.92 Å². The molecule has 0 saturated carbocycles. The molecule has 0 radical (unpaired) electrons. The molecule has 0 amide bonds. The number of hydrogen-bond donors (Lipinski definition) is 3. The molecule has 126 valence electrons. The molecule has 4 N–H and O–H groups in total. The highest BCUT2D eigenvalue weighted by atomic mass is 16.5. The van der Waals surface area contributed by atoms with E-state index in [0.717, 1.165) is 18.4 Å². The Morgan fingerprint density at radius 3 is 2.36 bits per heavy atom. The number of aliphatic carboxylic acids is 1. The van der Waals surface area contributed by atoms with Crippen LogP contribution in [0, 0.1) is 0 Å². The fourth-order valence-electron chi connectivity index (χ4n) is 1.91. The summed E-state index contributed by atoms with van der Waals surface area (Å²) in [5.74, 6) is -0.0573. The van der Waals surface area contributed by atoms with Crippen molar-refractivity contribution in [3.8, 4) is 11.5 Å². The molecule has 22 heavy (non-hydrogen) atoms. The summed E-state index contributed by atoms with van der Waals surface area (Å²) < 4.78 is 4.88. The highest BCUT2D eigenvalue weighted by Crippen LogP contribution is 2.25. The lowest BCUT2D eigenvalue weighted by Gasteiger charge is -2.03. The Kier molecular flexibility index (Phi) is 11.9. The number of carboxylic acids is 1. The molecule has 0 aromatic heterocycles. The number of phenolic OH excluding ortho intramolecular Hbond substituents is 1. The SMILES string of the molecule is CCCCCCCCC(=O)O.COc1cc(CN)ccc1O. The number of nitrogens with two attached hydrogens (primary N) is 1. The van der Waals surface area contributed by atoms with Crippen LogP contribution in [-0.2, 0) is 11.3 Å². The van der Waals surface area contributed by atoms with Gasteiger partial charge >= 0.3 is 5.97 Å². The molecule has 0 aliphatic rings. The molecule has 1 rings (SSSR count). The second kappa shape index (κ2) is 13.0. The molecule has 1 aromatic carbocycles. The summed E-state index contributed by atoms with van der Waals surface area (Å²) in [7, 11) is 1.51. The van der Waals surface area contributed by atoms with Gasteiger partial charge in [-0.15, -0.1) is 0 Å². The molecule has 0 bridgehead atoms. The average molecular weight is 311 g/mol. The van der Waals surface area contributed by atoms with E-state index in [9.17, 15) is 4.79 Å². The second-order valence-corrected chi connectivity index (χ2v) is 5.12. The Balaban J connectivity index is 0.000000401. The van der Waals surface area contributed by atoms with Crippen molar-refractivity contribution in [3.05, 3.63) is 23.8 Å². The molecule has 0 heterocycles. The van der Waals surface area contributed by atoms with Crippen LogP contribution in [0.2, 0.25) is 0 Å². The average Bonchev–Trinajstić information content (AvgIpc) is 2.51. The molecule has 0 saturated heterocycles. The first kappa shape index (κ1) is 20.2. The van der Waals surface area contributed by atoms with Crippen LogP contribution in [0.4, 0.5) is 0 Å². The van der Waals surface area contributed by atoms with Crippen LogP contribution in [0.1, 0.15) is 57.4 Å². The minimum atomic E-state index is -0.666. The van der Waals surface area contributed by atoms with Gasteiger partial charge in [0.1, 0.15) is 0 Å². The van der Waals surface area contributed by atoms with Crippen LogP contribution >= 0.6 is 0 Å². The van der Waals surface area contributed by atoms with Gasteiger partial charge in [-0.1, -0.05) is 45.1 Å². The quantitative estimate of drug-likeness (QED) is 0.605. The Bertz CT molecular complexity index is 421. The van der Waals surface area contributed by atoms with E-state index in [1.165, 1.54) is 32.8 Å². The smallest absolute Gasteiger partial charge is 0.303 e. The molecular weight excluding hydrogens is 282 g/mol. The van der Waals surface area contributed by atoms with E-state index in [1.54, 1.807) is 18.2 Å². The number of methoxy groups -OCH3 is 1. The number of benzene rings is 1. The van der Waals surface area contributed by atoms with Gasteiger partial charge in [-0.05, 0) is 24.1 Å². The molecular formula is C17H29NO4. The summed E-state index contributed by atoms with van der Waals surface area (Å²) in [6.45, 7) is 2.63. The number of phenols is 1. The third-order valence-corrected chi connectivity index (χ3v) is 3.22. The van der Waals surface area contributed by atoms with Crippen molar-refractivity contribution in [1.82, 2.24) is 0 Å². The molecule has 1 aromatic rings. The summed E-state index contributed by atoms with van der Waals surface area (Å²) in [4.78, 5) is 10.1. The predicted molar refractivity (Wildman–Crippen MR) is 88.2 cm³/mol. The van der Waals surface area contributed by atoms with Crippen molar-refractivity contribution in [1.29, 1.82) is 0 Å². The van der Waals surface area contributed by atoms with Crippen molar-refractivity contribution in [3.63, 3.8) is 0 Å². The van der Waals surface area contributed by atoms with Crippen LogP contribution in [0.5, 0.6) is 11.5 Å². The molecule has 5 nitrogen and oxygen atoms in total. The highest BCUT2D eigenvalue weighted by Gasteiger charge is 2.00. The number of carbonyl (C=O) groups is 1. The predicted octanol–water partition coefficient (Wildman–Crippen LogP) is 3.68. The molecule has 0 spiro atoms. The first-order valence-corrected chi connectivity index (χ1v) is 7.82. The van der Waals surface area contributed by atoms with Crippen LogP contribution < -0.4 is 10.5 Å². The van der Waals surface area contributed by atoms with Crippen molar-refractivity contribution < 1.29 is 19.7 Å². The maximum atomic E-state index is 10.1. The first-order valence-electron chi connectivity index (χ1n) is 7.82. The molecule has 0 unspecified atom stereocenters.